The Morgan fingerprint density at radius 3 is 1.55 bits per heavy atom. The number of nitrogens with two attached hydrogens (primary N) is 4. The molecule has 20 heteroatoms. The van der Waals surface area contributed by atoms with E-state index in [-0.39, 0.29) is 81.9 Å². The lowest BCUT2D eigenvalue weighted by molar-refractivity contribution is -0.143. The van der Waals surface area contributed by atoms with Crippen LogP contribution in [0.25, 0.3) is 0 Å². The van der Waals surface area contributed by atoms with Crippen LogP contribution in [0.15, 0.2) is 9.98 Å². The quantitative estimate of drug-likeness (QED) is 0.0244. The molecule has 0 saturated carbocycles. The predicted molar refractivity (Wildman–Crippen MR) is 262 cm³/mol. The van der Waals surface area contributed by atoms with Crippen LogP contribution in [0, 0.1) is 5.92 Å². The van der Waals surface area contributed by atoms with Crippen molar-refractivity contribution in [2.24, 2.45) is 38.8 Å². The van der Waals surface area contributed by atoms with Crippen molar-refractivity contribution in [1.29, 1.82) is 0 Å². The van der Waals surface area contributed by atoms with Crippen molar-refractivity contribution < 1.29 is 38.7 Å². The fourth-order valence-electron chi connectivity index (χ4n) is 7.99. The van der Waals surface area contributed by atoms with Gasteiger partial charge in [0.2, 0.25) is 35.4 Å². The Morgan fingerprint density at radius 2 is 1.06 bits per heavy atom. The minimum absolute atomic E-state index is 0.0616. The standard InChI is InChI=1S/C47H88N12O8/c1-6-7-8-9-10-11-12-13-14-15-16-17-18-19-20-27-39(60)54-33(4)40(61)57-36(25-22-29-53-47(50)51)44(65)59-30-23-26-38(59)43(64)58-37(31-32(2)3)42(63)56-35(24-21-28-52-46(48)49)41(62)55-34(5)45(66)67/h32-38H,6-31H2,1-5H3,(H,54,60)(H,55,62)(H,56,63)(H,57,61)(H,58,64)(H,66,67)(H4,48,49,52)(H4,50,51,53)/t33-,34-,35-,36-,37-,38-/m0/s1. The maximum Gasteiger partial charge on any atom is 0.325 e. The summed E-state index contributed by atoms with van der Waals surface area (Å²) in [6, 6.07) is -6.53. The second kappa shape index (κ2) is 35.0. The van der Waals surface area contributed by atoms with E-state index in [1.807, 2.05) is 13.8 Å². The summed E-state index contributed by atoms with van der Waals surface area (Å²) in [4.78, 5) is 102. The molecule has 384 valence electrons. The molecule has 1 fully saturated rings. The van der Waals surface area contributed by atoms with Crippen LogP contribution in [0.2, 0.25) is 0 Å². The molecule has 14 N–H and O–H groups in total. The average Bonchev–Trinajstić information content (AvgIpc) is 3.76. The van der Waals surface area contributed by atoms with Crippen molar-refractivity contribution in [3.63, 3.8) is 0 Å². The maximum absolute atomic E-state index is 14.2. The van der Waals surface area contributed by atoms with Crippen molar-refractivity contribution in [2.45, 2.75) is 219 Å². The van der Waals surface area contributed by atoms with Gasteiger partial charge in [0.1, 0.15) is 36.3 Å². The van der Waals surface area contributed by atoms with E-state index in [0.29, 0.717) is 19.3 Å². The van der Waals surface area contributed by atoms with E-state index in [1.165, 1.54) is 82.5 Å². The number of amides is 6. The highest BCUT2D eigenvalue weighted by atomic mass is 16.4. The fourth-order valence-corrected chi connectivity index (χ4v) is 7.99. The van der Waals surface area contributed by atoms with Gasteiger partial charge in [-0.2, -0.15) is 0 Å². The summed E-state index contributed by atoms with van der Waals surface area (Å²) in [6.07, 6.45) is 20.3. The highest BCUT2D eigenvalue weighted by molar-refractivity contribution is 5.97. The molecule has 1 aliphatic rings. The number of nitrogens with one attached hydrogen (secondary N) is 5. The average molecular weight is 949 g/mol. The lowest BCUT2D eigenvalue weighted by Crippen LogP contribution is -2.59. The minimum atomic E-state index is -1.27. The second-order valence-electron chi connectivity index (χ2n) is 18.5. The smallest absolute Gasteiger partial charge is 0.325 e. The number of aliphatic carboxylic acids is 1. The van der Waals surface area contributed by atoms with Crippen LogP contribution in [0.4, 0.5) is 0 Å². The number of hydrogen-bond acceptors (Lipinski definition) is 9. The van der Waals surface area contributed by atoms with Gasteiger partial charge in [0.25, 0.3) is 0 Å². The van der Waals surface area contributed by atoms with Crippen molar-refractivity contribution in [3.8, 4) is 0 Å². The number of aliphatic imine (C=N–C) groups is 2. The fraction of sp³-hybridized carbons (Fsp3) is 0.809. The molecule has 67 heavy (non-hydrogen) atoms. The molecule has 20 nitrogen and oxygen atoms in total. The van der Waals surface area contributed by atoms with Gasteiger partial charge >= 0.3 is 5.97 Å². The van der Waals surface area contributed by atoms with E-state index < -0.39 is 71.8 Å². The molecule has 0 radical (unpaired) electrons. The van der Waals surface area contributed by atoms with E-state index in [2.05, 4.69) is 43.5 Å². The molecule has 1 rings (SSSR count). The predicted octanol–water partition coefficient (Wildman–Crippen LogP) is 2.94. The number of carbonyl (C=O) groups is 7. The summed E-state index contributed by atoms with van der Waals surface area (Å²) in [6.45, 7) is 9.34. The van der Waals surface area contributed by atoms with Crippen molar-refractivity contribution in [2.75, 3.05) is 19.6 Å². The first-order valence-corrected chi connectivity index (χ1v) is 25.0. The second-order valence-corrected chi connectivity index (χ2v) is 18.5. The number of hydrogen-bond donors (Lipinski definition) is 10. The summed E-state index contributed by atoms with van der Waals surface area (Å²) in [7, 11) is 0. The summed E-state index contributed by atoms with van der Waals surface area (Å²) in [5.41, 5.74) is 21.8. The number of carboxylic acid groups (broad SMARTS) is 1. The van der Waals surface area contributed by atoms with Gasteiger partial charge in [0.05, 0.1) is 0 Å². The molecular formula is C47H88N12O8. The van der Waals surface area contributed by atoms with Crippen LogP contribution in [0.1, 0.15) is 182 Å². The first kappa shape index (κ1) is 59.8. The Bertz CT molecular complexity index is 1570. The third-order valence-electron chi connectivity index (χ3n) is 11.8. The van der Waals surface area contributed by atoms with Gasteiger partial charge in [-0.1, -0.05) is 111 Å². The molecule has 0 aromatic heterocycles. The van der Waals surface area contributed by atoms with Crippen LogP contribution in [0.5, 0.6) is 0 Å². The lowest BCUT2D eigenvalue weighted by Gasteiger charge is -2.31. The topological polar surface area (TPSA) is 332 Å². The van der Waals surface area contributed by atoms with Gasteiger partial charge in [-0.25, -0.2) is 0 Å². The molecule has 6 atom stereocenters. The summed E-state index contributed by atoms with van der Waals surface area (Å²) in [5.74, 6) is -4.96. The lowest BCUT2D eigenvalue weighted by atomic mass is 10.0. The van der Waals surface area contributed by atoms with Gasteiger partial charge in [-0.3, -0.25) is 43.5 Å². The molecule has 1 aliphatic heterocycles. The molecule has 1 saturated heterocycles. The van der Waals surface area contributed by atoms with Crippen LogP contribution in [-0.2, 0) is 33.6 Å². The molecule has 6 amide bonds. The Hall–Kier alpha value is -5.17. The SMILES string of the molecule is CCCCCCCCCCCCCCCCCC(=O)N[C@@H](C)C(=O)N[C@@H](CCCN=C(N)N)C(=O)N1CCC[C@H]1C(=O)N[C@@H](CC(C)C)C(=O)N[C@@H](CCCN=C(N)N)C(=O)N[C@@H](C)C(=O)O. The molecule has 1 heterocycles. The summed E-state index contributed by atoms with van der Waals surface area (Å²) in [5, 5.41) is 22.7. The van der Waals surface area contributed by atoms with Gasteiger partial charge in [-0.05, 0) is 71.1 Å². The van der Waals surface area contributed by atoms with Gasteiger partial charge in [0.15, 0.2) is 11.9 Å². The van der Waals surface area contributed by atoms with Crippen molar-refractivity contribution in [1.82, 2.24) is 31.5 Å². The number of rotatable bonds is 37. The van der Waals surface area contributed by atoms with Crippen LogP contribution in [-0.4, -0.2) is 119 Å². The Labute approximate surface area is 399 Å². The summed E-state index contributed by atoms with van der Waals surface area (Å²) >= 11 is 0. The normalized spacial score (nSPS) is 15.6. The molecule has 0 unspecified atom stereocenters. The Morgan fingerprint density at radius 1 is 0.582 bits per heavy atom. The molecule has 0 spiro atoms. The zero-order valence-electron chi connectivity index (χ0n) is 41.4. The zero-order valence-corrected chi connectivity index (χ0v) is 41.4. The largest absolute Gasteiger partial charge is 0.480 e. The van der Waals surface area contributed by atoms with Crippen LogP contribution >= 0.6 is 0 Å². The highest BCUT2D eigenvalue weighted by Crippen LogP contribution is 2.21. The van der Waals surface area contributed by atoms with Gasteiger partial charge < -0.3 is 59.5 Å². The van der Waals surface area contributed by atoms with E-state index >= 15 is 0 Å². The van der Waals surface area contributed by atoms with Crippen LogP contribution in [0.3, 0.4) is 0 Å². The number of likely N-dealkylation sites (tertiary alicyclic amines) is 1. The molecule has 0 bridgehead atoms. The maximum atomic E-state index is 14.2. The third-order valence-corrected chi connectivity index (χ3v) is 11.8. The Balaban J connectivity index is 2.90. The number of nitrogens with zero attached hydrogens (tertiary/aromatic N) is 3. The number of guanidine groups is 2. The third kappa shape index (κ3) is 27.3. The molecule has 0 aromatic rings. The van der Waals surface area contributed by atoms with E-state index in [0.717, 1.165) is 19.3 Å². The Kier molecular flexibility index (Phi) is 31.3. The molecule has 0 aliphatic carbocycles. The van der Waals surface area contributed by atoms with Crippen molar-refractivity contribution >= 4 is 53.3 Å². The monoisotopic (exact) mass is 949 g/mol. The molecule has 0 aromatic carbocycles. The number of carbonyl (C=O) groups excluding carboxylic acids is 6. The number of carboxylic acids is 1. The van der Waals surface area contributed by atoms with E-state index in [4.69, 9.17) is 22.9 Å². The first-order valence-electron chi connectivity index (χ1n) is 25.0. The summed E-state index contributed by atoms with van der Waals surface area (Å²) < 4.78 is 0. The van der Waals surface area contributed by atoms with E-state index in [1.54, 1.807) is 6.92 Å². The zero-order chi connectivity index (χ0) is 50.1. The minimum Gasteiger partial charge on any atom is -0.480 e. The van der Waals surface area contributed by atoms with Crippen molar-refractivity contribution in [3.05, 3.63) is 0 Å². The van der Waals surface area contributed by atoms with Crippen LogP contribution < -0.4 is 49.5 Å². The first-order chi connectivity index (χ1) is 31.9. The highest BCUT2D eigenvalue weighted by Gasteiger charge is 2.39. The van der Waals surface area contributed by atoms with E-state index in [9.17, 15) is 38.7 Å². The van der Waals surface area contributed by atoms with Gasteiger partial charge in [-0.15, -0.1) is 0 Å². The molecular weight excluding hydrogens is 861 g/mol. The number of unbranched alkanes of at least 4 members (excludes halogenated alkanes) is 14. The van der Waals surface area contributed by atoms with Gasteiger partial charge in [0, 0.05) is 26.1 Å².